The largest absolute Gasteiger partial charge is 0.316 e. The highest BCUT2D eigenvalue weighted by atomic mass is 14.8. The van der Waals surface area contributed by atoms with Crippen molar-refractivity contribution in [2.45, 2.75) is 33.1 Å². The number of aromatic nitrogens is 1. The smallest absolute Gasteiger partial charge is 0.0299 e. The van der Waals surface area contributed by atoms with Crippen molar-refractivity contribution in [3.63, 3.8) is 0 Å². The predicted octanol–water partition coefficient (Wildman–Crippen LogP) is 2.65. The first-order valence-electron chi connectivity index (χ1n) is 5.88. The lowest BCUT2D eigenvalue weighted by atomic mass is 10.1. The summed E-state index contributed by atoms with van der Waals surface area (Å²) in [4.78, 5) is 4.11. The third-order valence-electron chi connectivity index (χ3n) is 2.34. The van der Waals surface area contributed by atoms with Crippen molar-refractivity contribution < 1.29 is 0 Å². The van der Waals surface area contributed by atoms with Crippen LogP contribution in [0.3, 0.4) is 0 Å². The fourth-order valence-corrected chi connectivity index (χ4v) is 1.52. The molecule has 2 nitrogen and oxygen atoms in total. The van der Waals surface area contributed by atoms with Gasteiger partial charge in [0.15, 0.2) is 0 Å². The van der Waals surface area contributed by atoms with Gasteiger partial charge in [-0.2, -0.15) is 0 Å². The van der Waals surface area contributed by atoms with Crippen LogP contribution in [0, 0.1) is 5.92 Å². The van der Waals surface area contributed by atoms with Gasteiger partial charge in [-0.05, 0) is 49.9 Å². The molecule has 0 spiro atoms. The molecule has 0 saturated carbocycles. The molecule has 0 aliphatic carbocycles. The summed E-state index contributed by atoms with van der Waals surface area (Å²) in [5.41, 5.74) is 1.35. The Bertz CT molecular complexity index is 244. The van der Waals surface area contributed by atoms with Gasteiger partial charge in [-0.15, -0.1) is 0 Å². The number of nitrogens with zero attached hydrogens (tertiary/aromatic N) is 1. The van der Waals surface area contributed by atoms with E-state index < -0.39 is 0 Å². The summed E-state index contributed by atoms with van der Waals surface area (Å²) in [6.07, 6.45) is 7.44. The lowest BCUT2D eigenvalue weighted by molar-refractivity contribution is 0.535. The Hall–Kier alpha value is -0.890. The SMILES string of the molecule is CC(C)CNCCCCc1cccnc1. The second-order valence-electron chi connectivity index (χ2n) is 4.42. The number of aryl methyl sites for hydroxylation is 1. The molecule has 2 heteroatoms. The molecule has 0 unspecified atom stereocenters. The molecule has 0 aliphatic heterocycles. The monoisotopic (exact) mass is 206 g/mol. The first kappa shape index (κ1) is 12.2. The Kier molecular flexibility index (Phi) is 6.02. The number of unbranched alkanes of at least 4 members (excludes halogenated alkanes) is 1. The van der Waals surface area contributed by atoms with Gasteiger partial charge in [0.05, 0.1) is 0 Å². The molecule has 1 rings (SSSR count). The second kappa shape index (κ2) is 7.41. The van der Waals surface area contributed by atoms with E-state index in [2.05, 4.69) is 30.2 Å². The van der Waals surface area contributed by atoms with E-state index in [0.717, 1.165) is 25.4 Å². The predicted molar refractivity (Wildman–Crippen MR) is 64.9 cm³/mol. The molecule has 1 aromatic heterocycles. The second-order valence-corrected chi connectivity index (χ2v) is 4.42. The Morgan fingerprint density at radius 1 is 1.33 bits per heavy atom. The van der Waals surface area contributed by atoms with Gasteiger partial charge in [0.2, 0.25) is 0 Å². The number of pyridine rings is 1. The lowest BCUT2D eigenvalue weighted by Gasteiger charge is -2.06. The van der Waals surface area contributed by atoms with E-state index in [4.69, 9.17) is 0 Å². The standard InChI is InChI=1S/C13H22N2/c1-12(2)10-14-8-4-3-6-13-7-5-9-15-11-13/h5,7,9,11-12,14H,3-4,6,8,10H2,1-2H3. The Labute approximate surface area is 93.1 Å². The molecule has 84 valence electrons. The number of hydrogen-bond donors (Lipinski definition) is 1. The summed E-state index contributed by atoms with van der Waals surface area (Å²) in [5, 5.41) is 3.46. The Balaban J connectivity index is 1.98. The van der Waals surface area contributed by atoms with Crippen LogP contribution in [0.4, 0.5) is 0 Å². The van der Waals surface area contributed by atoms with Crippen molar-refractivity contribution in [2.24, 2.45) is 5.92 Å². The van der Waals surface area contributed by atoms with Crippen LogP contribution >= 0.6 is 0 Å². The van der Waals surface area contributed by atoms with Gasteiger partial charge in [-0.25, -0.2) is 0 Å². The van der Waals surface area contributed by atoms with Crippen LogP contribution in [0.1, 0.15) is 32.3 Å². The zero-order chi connectivity index (χ0) is 10.9. The van der Waals surface area contributed by atoms with Crippen molar-refractivity contribution in [1.82, 2.24) is 10.3 Å². The first-order valence-corrected chi connectivity index (χ1v) is 5.88. The molecule has 1 N–H and O–H groups in total. The molecule has 0 bridgehead atoms. The molecule has 0 aliphatic rings. The summed E-state index contributed by atoms with van der Waals surface area (Å²) in [7, 11) is 0. The fraction of sp³-hybridized carbons (Fsp3) is 0.615. The van der Waals surface area contributed by atoms with Crippen molar-refractivity contribution in [3.05, 3.63) is 30.1 Å². The van der Waals surface area contributed by atoms with Crippen molar-refractivity contribution >= 4 is 0 Å². The molecule has 0 atom stereocenters. The summed E-state index contributed by atoms with van der Waals surface area (Å²) >= 11 is 0. The molecular weight excluding hydrogens is 184 g/mol. The van der Waals surface area contributed by atoms with Crippen LogP contribution in [0.15, 0.2) is 24.5 Å². The van der Waals surface area contributed by atoms with Gasteiger partial charge >= 0.3 is 0 Å². The Morgan fingerprint density at radius 2 is 2.20 bits per heavy atom. The molecule has 0 fully saturated rings. The highest BCUT2D eigenvalue weighted by molar-refractivity contribution is 5.08. The zero-order valence-electron chi connectivity index (χ0n) is 9.87. The third kappa shape index (κ3) is 6.24. The van der Waals surface area contributed by atoms with Crippen LogP contribution < -0.4 is 5.32 Å². The third-order valence-corrected chi connectivity index (χ3v) is 2.34. The quantitative estimate of drug-likeness (QED) is 0.694. The molecule has 0 amide bonds. The first-order chi connectivity index (χ1) is 7.29. The highest BCUT2D eigenvalue weighted by Gasteiger charge is 1.94. The van der Waals surface area contributed by atoms with Crippen molar-refractivity contribution in [2.75, 3.05) is 13.1 Å². The van der Waals surface area contributed by atoms with Gasteiger partial charge in [0, 0.05) is 12.4 Å². The fourth-order valence-electron chi connectivity index (χ4n) is 1.52. The van der Waals surface area contributed by atoms with Crippen LogP contribution in [0.25, 0.3) is 0 Å². The van der Waals surface area contributed by atoms with E-state index in [1.807, 2.05) is 18.5 Å². The minimum Gasteiger partial charge on any atom is -0.316 e. The molecular formula is C13H22N2. The summed E-state index contributed by atoms with van der Waals surface area (Å²) < 4.78 is 0. The topological polar surface area (TPSA) is 24.9 Å². The van der Waals surface area contributed by atoms with Crippen molar-refractivity contribution in [1.29, 1.82) is 0 Å². The average Bonchev–Trinajstić information content (AvgIpc) is 2.24. The normalized spacial score (nSPS) is 10.9. The van der Waals surface area contributed by atoms with Crippen molar-refractivity contribution in [3.8, 4) is 0 Å². The maximum Gasteiger partial charge on any atom is 0.0299 e. The van der Waals surface area contributed by atoms with E-state index in [1.54, 1.807) is 0 Å². The summed E-state index contributed by atoms with van der Waals surface area (Å²) in [6.45, 7) is 6.75. The zero-order valence-corrected chi connectivity index (χ0v) is 9.87. The molecule has 0 saturated heterocycles. The van der Waals surface area contributed by atoms with E-state index in [0.29, 0.717) is 0 Å². The van der Waals surface area contributed by atoms with E-state index in [9.17, 15) is 0 Å². The molecule has 0 aromatic carbocycles. The van der Waals surface area contributed by atoms with Crippen LogP contribution in [0.2, 0.25) is 0 Å². The maximum atomic E-state index is 4.11. The van der Waals surface area contributed by atoms with Crippen LogP contribution in [0.5, 0.6) is 0 Å². The van der Waals surface area contributed by atoms with E-state index >= 15 is 0 Å². The highest BCUT2D eigenvalue weighted by Crippen LogP contribution is 2.02. The molecule has 0 radical (unpaired) electrons. The lowest BCUT2D eigenvalue weighted by Crippen LogP contribution is -2.20. The van der Waals surface area contributed by atoms with Gasteiger partial charge in [-0.3, -0.25) is 4.98 Å². The number of hydrogen-bond acceptors (Lipinski definition) is 2. The van der Waals surface area contributed by atoms with Gasteiger partial charge in [-0.1, -0.05) is 19.9 Å². The average molecular weight is 206 g/mol. The summed E-state index contributed by atoms with van der Waals surface area (Å²) in [5.74, 6) is 0.753. The molecule has 15 heavy (non-hydrogen) atoms. The number of nitrogens with one attached hydrogen (secondary N) is 1. The summed E-state index contributed by atoms with van der Waals surface area (Å²) in [6, 6.07) is 4.15. The minimum atomic E-state index is 0.753. The molecule has 1 heterocycles. The van der Waals surface area contributed by atoms with Crippen LogP contribution in [-0.4, -0.2) is 18.1 Å². The Morgan fingerprint density at radius 3 is 2.87 bits per heavy atom. The van der Waals surface area contributed by atoms with Gasteiger partial charge in [0.1, 0.15) is 0 Å². The van der Waals surface area contributed by atoms with Crippen LogP contribution in [-0.2, 0) is 6.42 Å². The van der Waals surface area contributed by atoms with Gasteiger partial charge < -0.3 is 5.32 Å². The minimum absolute atomic E-state index is 0.753. The molecule has 1 aromatic rings. The van der Waals surface area contributed by atoms with E-state index in [1.165, 1.54) is 18.4 Å². The number of rotatable bonds is 7. The maximum absolute atomic E-state index is 4.11. The van der Waals surface area contributed by atoms with E-state index in [-0.39, 0.29) is 0 Å². The van der Waals surface area contributed by atoms with Gasteiger partial charge in [0.25, 0.3) is 0 Å².